The maximum atomic E-state index is 12.4. The van der Waals surface area contributed by atoms with Crippen molar-refractivity contribution in [3.63, 3.8) is 0 Å². The van der Waals surface area contributed by atoms with E-state index in [9.17, 15) is 4.79 Å². The number of para-hydroxylation sites is 1. The third kappa shape index (κ3) is 3.58. The summed E-state index contributed by atoms with van der Waals surface area (Å²) in [7, 11) is 1.65. The number of fused-ring (bicyclic) bond motifs is 1. The van der Waals surface area contributed by atoms with Crippen molar-refractivity contribution in [1.82, 2.24) is 5.32 Å². The maximum absolute atomic E-state index is 12.4. The van der Waals surface area contributed by atoms with Crippen LogP contribution in [0, 0.1) is 5.92 Å². The molecular formula is C19H23NO2S. The van der Waals surface area contributed by atoms with Gasteiger partial charge in [-0.2, -0.15) is 0 Å². The van der Waals surface area contributed by atoms with E-state index in [-0.39, 0.29) is 5.91 Å². The van der Waals surface area contributed by atoms with Gasteiger partial charge in [-0.3, -0.25) is 4.79 Å². The van der Waals surface area contributed by atoms with Gasteiger partial charge < -0.3 is 10.1 Å². The molecule has 1 atom stereocenters. The Hall–Kier alpha value is -1.81. The maximum Gasteiger partial charge on any atom is 0.261 e. The molecular weight excluding hydrogens is 306 g/mol. The van der Waals surface area contributed by atoms with E-state index in [0.29, 0.717) is 6.54 Å². The number of ether oxygens (including phenoxy) is 1. The Kier molecular flexibility index (Phi) is 5.01. The first kappa shape index (κ1) is 16.1. The van der Waals surface area contributed by atoms with Crippen LogP contribution in [-0.2, 0) is 19.4 Å². The largest absolute Gasteiger partial charge is 0.496 e. The van der Waals surface area contributed by atoms with E-state index >= 15 is 0 Å². The zero-order chi connectivity index (χ0) is 16.2. The fraction of sp³-hybridized carbons (Fsp3) is 0.421. The van der Waals surface area contributed by atoms with Crippen LogP contribution in [0.1, 0.15) is 45.4 Å². The molecule has 0 radical (unpaired) electrons. The summed E-state index contributed by atoms with van der Waals surface area (Å²) in [5.74, 6) is 1.61. The summed E-state index contributed by atoms with van der Waals surface area (Å²) in [4.78, 5) is 14.7. The van der Waals surface area contributed by atoms with Gasteiger partial charge in [0.15, 0.2) is 0 Å². The molecule has 1 aromatic carbocycles. The minimum absolute atomic E-state index is 0.0170. The number of amides is 1. The van der Waals surface area contributed by atoms with Gasteiger partial charge in [0.1, 0.15) is 5.75 Å². The summed E-state index contributed by atoms with van der Waals surface area (Å²) in [6.07, 6.45) is 4.73. The predicted molar refractivity (Wildman–Crippen MR) is 94.3 cm³/mol. The average Bonchev–Trinajstić information content (AvgIpc) is 3.03. The molecule has 1 heterocycles. The van der Waals surface area contributed by atoms with Crippen LogP contribution in [0.4, 0.5) is 0 Å². The van der Waals surface area contributed by atoms with E-state index < -0.39 is 0 Å². The standard InChI is InChI=1S/C19H23NO2S/c1-3-13-8-9-17-15(10-13)11-18(23-17)19(21)20-12-14-6-4-5-7-16(14)22-2/h4-7,11,13H,3,8-10,12H2,1-2H3,(H,20,21)/t13-/m0/s1. The highest BCUT2D eigenvalue weighted by Crippen LogP contribution is 2.33. The Bertz CT molecular complexity index is 692. The smallest absolute Gasteiger partial charge is 0.261 e. The molecule has 1 aliphatic carbocycles. The molecule has 0 fully saturated rings. The number of rotatable bonds is 5. The second-order valence-electron chi connectivity index (χ2n) is 6.07. The Morgan fingerprint density at radius 3 is 3.00 bits per heavy atom. The van der Waals surface area contributed by atoms with Crippen LogP contribution in [0.3, 0.4) is 0 Å². The third-order valence-corrected chi connectivity index (χ3v) is 5.85. The second-order valence-corrected chi connectivity index (χ2v) is 7.21. The SMILES string of the molecule is CC[C@H]1CCc2sc(C(=O)NCc3ccccc3OC)cc2C1. The summed E-state index contributed by atoms with van der Waals surface area (Å²) in [5, 5.41) is 3.02. The normalized spacial score (nSPS) is 16.7. The van der Waals surface area contributed by atoms with Crippen LogP contribution >= 0.6 is 11.3 Å². The quantitative estimate of drug-likeness (QED) is 0.893. The van der Waals surface area contributed by atoms with Crippen molar-refractivity contribution in [2.75, 3.05) is 7.11 Å². The number of carbonyl (C=O) groups is 1. The van der Waals surface area contributed by atoms with Gasteiger partial charge in [0.05, 0.1) is 12.0 Å². The van der Waals surface area contributed by atoms with Crippen LogP contribution < -0.4 is 10.1 Å². The van der Waals surface area contributed by atoms with Gasteiger partial charge in [0.25, 0.3) is 5.91 Å². The number of benzene rings is 1. The summed E-state index contributed by atoms with van der Waals surface area (Å²) in [5.41, 5.74) is 2.38. The first-order valence-electron chi connectivity index (χ1n) is 8.23. The average molecular weight is 329 g/mol. The van der Waals surface area contributed by atoms with Crippen molar-refractivity contribution < 1.29 is 9.53 Å². The van der Waals surface area contributed by atoms with Crippen molar-refractivity contribution in [3.05, 3.63) is 51.2 Å². The van der Waals surface area contributed by atoms with Gasteiger partial charge in [0, 0.05) is 17.0 Å². The monoisotopic (exact) mass is 329 g/mol. The van der Waals surface area contributed by atoms with E-state index in [1.54, 1.807) is 18.4 Å². The van der Waals surface area contributed by atoms with Gasteiger partial charge in [0.2, 0.25) is 0 Å². The molecule has 1 amide bonds. The lowest BCUT2D eigenvalue weighted by Gasteiger charge is -2.19. The highest BCUT2D eigenvalue weighted by molar-refractivity contribution is 7.14. The number of hydrogen-bond donors (Lipinski definition) is 1. The van der Waals surface area contributed by atoms with Crippen molar-refractivity contribution in [2.24, 2.45) is 5.92 Å². The van der Waals surface area contributed by atoms with Gasteiger partial charge >= 0.3 is 0 Å². The second kappa shape index (κ2) is 7.18. The van der Waals surface area contributed by atoms with E-state index in [2.05, 4.69) is 18.3 Å². The molecule has 1 aliphatic rings. The molecule has 0 bridgehead atoms. The van der Waals surface area contributed by atoms with Gasteiger partial charge in [-0.25, -0.2) is 0 Å². The van der Waals surface area contributed by atoms with Crippen LogP contribution in [0.15, 0.2) is 30.3 Å². The topological polar surface area (TPSA) is 38.3 Å². The van der Waals surface area contributed by atoms with Gasteiger partial charge in [-0.1, -0.05) is 31.5 Å². The summed E-state index contributed by atoms with van der Waals surface area (Å²) < 4.78 is 5.33. The van der Waals surface area contributed by atoms with E-state index in [1.165, 1.54) is 23.3 Å². The lowest BCUT2D eigenvalue weighted by atomic mass is 9.87. The Morgan fingerprint density at radius 1 is 1.39 bits per heavy atom. The fourth-order valence-electron chi connectivity index (χ4n) is 3.17. The third-order valence-electron chi connectivity index (χ3n) is 4.62. The van der Waals surface area contributed by atoms with Gasteiger partial charge in [-0.05, 0) is 42.9 Å². The predicted octanol–water partition coefficient (Wildman–Crippen LogP) is 4.20. The molecule has 23 heavy (non-hydrogen) atoms. The number of aryl methyl sites for hydroxylation is 1. The van der Waals surface area contributed by atoms with Crippen molar-refractivity contribution in [1.29, 1.82) is 0 Å². The van der Waals surface area contributed by atoms with E-state index in [0.717, 1.165) is 34.9 Å². The first-order valence-corrected chi connectivity index (χ1v) is 9.04. The van der Waals surface area contributed by atoms with Crippen LogP contribution in [-0.4, -0.2) is 13.0 Å². The van der Waals surface area contributed by atoms with E-state index in [4.69, 9.17) is 4.74 Å². The zero-order valence-corrected chi connectivity index (χ0v) is 14.5. The fourth-order valence-corrected chi connectivity index (χ4v) is 4.30. The minimum atomic E-state index is 0.0170. The first-order chi connectivity index (χ1) is 11.2. The molecule has 0 aliphatic heterocycles. The number of nitrogens with one attached hydrogen (secondary N) is 1. The van der Waals surface area contributed by atoms with E-state index in [1.807, 2.05) is 24.3 Å². The molecule has 0 unspecified atom stereocenters. The lowest BCUT2D eigenvalue weighted by molar-refractivity contribution is 0.0954. The molecule has 0 saturated carbocycles. The molecule has 0 spiro atoms. The molecule has 4 heteroatoms. The molecule has 3 nitrogen and oxygen atoms in total. The molecule has 1 aromatic heterocycles. The molecule has 3 rings (SSSR count). The number of methoxy groups -OCH3 is 1. The van der Waals surface area contributed by atoms with Gasteiger partial charge in [-0.15, -0.1) is 11.3 Å². The molecule has 1 N–H and O–H groups in total. The number of hydrogen-bond acceptors (Lipinski definition) is 3. The highest BCUT2D eigenvalue weighted by Gasteiger charge is 2.22. The van der Waals surface area contributed by atoms with Crippen LogP contribution in [0.25, 0.3) is 0 Å². The molecule has 0 saturated heterocycles. The Morgan fingerprint density at radius 2 is 2.22 bits per heavy atom. The van der Waals surface area contributed by atoms with Crippen molar-refractivity contribution >= 4 is 17.2 Å². The molecule has 2 aromatic rings. The van der Waals surface area contributed by atoms with Crippen LogP contribution in [0.2, 0.25) is 0 Å². The Labute approximate surface area is 141 Å². The highest BCUT2D eigenvalue weighted by atomic mass is 32.1. The minimum Gasteiger partial charge on any atom is -0.496 e. The number of carbonyl (C=O) groups excluding carboxylic acids is 1. The van der Waals surface area contributed by atoms with Crippen molar-refractivity contribution in [3.8, 4) is 5.75 Å². The van der Waals surface area contributed by atoms with Crippen LogP contribution in [0.5, 0.6) is 5.75 Å². The zero-order valence-electron chi connectivity index (χ0n) is 13.7. The summed E-state index contributed by atoms with van der Waals surface area (Å²) in [6.45, 7) is 2.74. The lowest BCUT2D eigenvalue weighted by Crippen LogP contribution is -2.22. The summed E-state index contributed by atoms with van der Waals surface area (Å²) >= 11 is 1.66. The Balaban J connectivity index is 1.66. The molecule has 122 valence electrons. The summed E-state index contributed by atoms with van der Waals surface area (Å²) in [6, 6.07) is 9.88. The van der Waals surface area contributed by atoms with Crippen molar-refractivity contribution in [2.45, 2.75) is 39.2 Å². The number of thiophene rings is 1.